The van der Waals surface area contributed by atoms with Crippen molar-refractivity contribution in [3.8, 4) is 0 Å². The van der Waals surface area contributed by atoms with Gasteiger partial charge < -0.3 is 0 Å². The lowest BCUT2D eigenvalue weighted by molar-refractivity contribution is 0.582. The van der Waals surface area contributed by atoms with Gasteiger partial charge in [0, 0.05) is 14.9 Å². The molecular weight excluding hydrogens is 477 g/mol. The molecule has 0 bridgehead atoms. The summed E-state index contributed by atoms with van der Waals surface area (Å²) in [5.74, 6) is -1.07. The van der Waals surface area contributed by atoms with Gasteiger partial charge in [0.2, 0.25) is 0 Å². The van der Waals surface area contributed by atoms with Crippen molar-refractivity contribution in [3.63, 3.8) is 0 Å². The van der Waals surface area contributed by atoms with E-state index in [1.807, 2.05) is 0 Å². The van der Waals surface area contributed by atoms with Crippen LogP contribution in [0.1, 0.15) is 15.8 Å². The van der Waals surface area contributed by atoms with Crippen molar-refractivity contribution < 1.29 is 8.78 Å². The number of rotatable bonds is 2. The van der Waals surface area contributed by atoms with Crippen LogP contribution in [0.3, 0.4) is 0 Å². The van der Waals surface area contributed by atoms with Crippen molar-refractivity contribution in [2.24, 2.45) is 0 Å². The minimum Gasteiger partial charge on any atom is -0.207 e. The van der Waals surface area contributed by atoms with Gasteiger partial charge in [-0.15, -0.1) is 22.9 Å². The molecule has 1 aromatic carbocycles. The van der Waals surface area contributed by atoms with E-state index in [4.69, 9.17) is 11.6 Å². The Labute approximate surface area is 137 Å². The van der Waals surface area contributed by atoms with Crippen LogP contribution in [0.5, 0.6) is 0 Å². The molecule has 2 rings (SSSR count). The molecule has 1 aromatic heterocycles. The van der Waals surface area contributed by atoms with Crippen molar-refractivity contribution >= 4 is 70.7 Å². The van der Waals surface area contributed by atoms with Crippen molar-refractivity contribution in [2.75, 3.05) is 0 Å². The average Bonchev–Trinajstić information content (AvgIpc) is 2.63. The first-order chi connectivity index (χ1) is 8.40. The molecule has 0 aliphatic rings. The molecular formula is C11H4Br3ClF2S. The summed E-state index contributed by atoms with van der Waals surface area (Å²) < 4.78 is 29.0. The lowest BCUT2D eigenvalue weighted by Gasteiger charge is -2.09. The van der Waals surface area contributed by atoms with Crippen molar-refractivity contribution in [2.45, 2.75) is 5.38 Å². The third-order valence-electron chi connectivity index (χ3n) is 2.23. The summed E-state index contributed by atoms with van der Waals surface area (Å²) in [7, 11) is 0. The minimum atomic E-state index is -0.722. The van der Waals surface area contributed by atoms with E-state index in [1.165, 1.54) is 11.3 Å². The van der Waals surface area contributed by atoms with E-state index in [2.05, 4.69) is 47.8 Å². The Morgan fingerprint density at radius 1 is 1.00 bits per heavy atom. The molecule has 1 heterocycles. The minimum absolute atomic E-state index is 0.0844. The van der Waals surface area contributed by atoms with Crippen LogP contribution in [0.15, 0.2) is 30.9 Å². The molecule has 0 saturated heterocycles. The molecule has 0 aliphatic carbocycles. The summed E-state index contributed by atoms with van der Waals surface area (Å²) in [6.45, 7) is 0. The van der Waals surface area contributed by atoms with Crippen LogP contribution in [0.2, 0.25) is 0 Å². The number of benzene rings is 1. The molecule has 0 saturated carbocycles. The fourth-order valence-electron chi connectivity index (χ4n) is 1.37. The molecule has 1 atom stereocenters. The molecule has 0 fully saturated rings. The average molecular weight is 481 g/mol. The Hall–Kier alpha value is 0.510. The predicted octanol–water partition coefficient (Wildman–Crippen LogP) is 6.64. The van der Waals surface area contributed by atoms with Crippen LogP contribution in [0.25, 0.3) is 0 Å². The summed E-state index contributed by atoms with van der Waals surface area (Å²) in [5, 5.41) is -0.722. The van der Waals surface area contributed by atoms with Gasteiger partial charge in [-0.25, -0.2) is 8.78 Å². The van der Waals surface area contributed by atoms with Gasteiger partial charge in [-0.1, -0.05) is 0 Å². The van der Waals surface area contributed by atoms with E-state index in [-0.39, 0.29) is 10.0 Å². The first kappa shape index (κ1) is 14.9. The van der Waals surface area contributed by atoms with Crippen LogP contribution in [-0.4, -0.2) is 0 Å². The maximum Gasteiger partial charge on any atom is 0.137 e. The zero-order chi connectivity index (χ0) is 13.4. The summed E-state index contributed by atoms with van der Waals surface area (Å²) in [5.41, 5.74) is 0.124. The van der Waals surface area contributed by atoms with Gasteiger partial charge in [-0.3, -0.25) is 0 Å². The SMILES string of the molecule is Fc1cc(C(Cl)c2cc(Br)c(Br)s2)c(F)cc1Br. The number of halogens is 6. The van der Waals surface area contributed by atoms with Gasteiger partial charge in [0.1, 0.15) is 11.6 Å². The van der Waals surface area contributed by atoms with Crippen LogP contribution < -0.4 is 0 Å². The zero-order valence-electron chi connectivity index (χ0n) is 8.49. The van der Waals surface area contributed by atoms with E-state index in [1.54, 1.807) is 6.07 Å². The molecule has 0 nitrogen and oxygen atoms in total. The Kier molecular flexibility index (Phi) is 4.86. The van der Waals surface area contributed by atoms with Gasteiger partial charge in [-0.05, 0) is 66.0 Å². The van der Waals surface area contributed by atoms with E-state index < -0.39 is 17.0 Å². The van der Waals surface area contributed by atoms with Crippen LogP contribution in [-0.2, 0) is 0 Å². The summed E-state index contributed by atoms with van der Waals surface area (Å²) in [6.07, 6.45) is 0. The van der Waals surface area contributed by atoms with E-state index >= 15 is 0 Å². The molecule has 0 N–H and O–H groups in total. The first-order valence-corrected chi connectivity index (χ1v) is 8.26. The molecule has 1 unspecified atom stereocenters. The highest BCUT2D eigenvalue weighted by molar-refractivity contribution is 9.13. The summed E-state index contributed by atoms with van der Waals surface area (Å²) in [6, 6.07) is 3.97. The second-order valence-electron chi connectivity index (χ2n) is 3.42. The highest BCUT2D eigenvalue weighted by Crippen LogP contribution is 2.41. The number of alkyl halides is 1. The van der Waals surface area contributed by atoms with E-state index in [9.17, 15) is 8.78 Å². The lowest BCUT2D eigenvalue weighted by atomic mass is 10.1. The van der Waals surface area contributed by atoms with Crippen molar-refractivity contribution in [1.82, 2.24) is 0 Å². The third kappa shape index (κ3) is 2.98. The van der Waals surface area contributed by atoms with E-state index in [0.717, 1.165) is 25.3 Å². The smallest absolute Gasteiger partial charge is 0.137 e. The maximum absolute atomic E-state index is 13.8. The first-order valence-electron chi connectivity index (χ1n) is 4.63. The van der Waals surface area contributed by atoms with Crippen molar-refractivity contribution in [1.29, 1.82) is 0 Å². The molecule has 7 heteroatoms. The predicted molar refractivity (Wildman–Crippen MR) is 81.5 cm³/mol. The molecule has 0 aliphatic heterocycles. The number of thiophene rings is 1. The fraction of sp³-hybridized carbons (Fsp3) is 0.0909. The Morgan fingerprint density at radius 2 is 1.67 bits per heavy atom. The molecule has 0 spiro atoms. The van der Waals surface area contributed by atoms with Crippen molar-refractivity contribution in [3.05, 3.63) is 53.0 Å². The standard InChI is InChI=1S/C11H4Br3ClF2S/c12-5-2-7(16)4(1-8(5)17)10(15)9-3-6(13)11(14)18-9/h1-3,10H. The third-order valence-corrected chi connectivity index (χ3v) is 6.76. The zero-order valence-corrected chi connectivity index (χ0v) is 14.8. The van der Waals surface area contributed by atoms with Gasteiger partial charge >= 0.3 is 0 Å². The Bertz CT molecular complexity index is 581. The number of hydrogen-bond acceptors (Lipinski definition) is 1. The van der Waals surface area contributed by atoms with Gasteiger partial charge in [-0.2, -0.15) is 0 Å². The van der Waals surface area contributed by atoms with Crippen LogP contribution in [0, 0.1) is 11.6 Å². The maximum atomic E-state index is 13.8. The monoisotopic (exact) mass is 478 g/mol. The molecule has 18 heavy (non-hydrogen) atoms. The Balaban J connectivity index is 2.45. The van der Waals surface area contributed by atoms with Gasteiger partial charge in [0.05, 0.1) is 13.6 Å². The summed E-state index contributed by atoms with van der Waals surface area (Å²) in [4.78, 5) is 0.732. The summed E-state index contributed by atoms with van der Waals surface area (Å²) >= 11 is 17.2. The normalized spacial score (nSPS) is 12.8. The number of hydrogen-bond donors (Lipinski definition) is 0. The molecule has 0 radical (unpaired) electrons. The Morgan fingerprint density at radius 3 is 2.22 bits per heavy atom. The van der Waals surface area contributed by atoms with Gasteiger partial charge in [0.25, 0.3) is 0 Å². The highest BCUT2D eigenvalue weighted by Gasteiger charge is 2.20. The fourth-order valence-corrected chi connectivity index (χ4v) is 4.14. The van der Waals surface area contributed by atoms with E-state index in [0.29, 0.717) is 0 Å². The molecule has 96 valence electrons. The highest BCUT2D eigenvalue weighted by atomic mass is 79.9. The lowest BCUT2D eigenvalue weighted by Crippen LogP contribution is -1.97. The molecule has 2 aromatic rings. The molecule has 0 amide bonds. The van der Waals surface area contributed by atoms with Gasteiger partial charge in [0.15, 0.2) is 0 Å². The second-order valence-corrected chi connectivity index (χ2v) is 7.97. The van der Waals surface area contributed by atoms with Crippen LogP contribution >= 0.6 is 70.7 Å². The quantitative estimate of drug-likeness (QED) is 0.333. The van der Waals surface area contributed by atoms with Crippen LogP contribution in [0.4, 0.5) is 8.78 Å². The topological polar surface area (TPSA) is 0 Å². The second kappa shape index (κ2) is 5.87. The largest absolute Gasteiger partial charge is 0.207 e.